The first-order chi connectivity index (χ1) is 8.04. The van der Waals surface area contributed by atoms with Crippen LogP contribution in [0.3, 0.4) is 0 Å². The lowest BCUT2D eigenvalue weighted by molar-refractivity contribution is -0.142. The van der Waals surface area contributed by atoms with E-state index in [-0.39, 0.29) is 11.8 Å². The molecule has 0 aromatic carbocycles. The largest absolute Gasteiger partial charge is 0.480 e. The van der Waals surface area contributed by atoms with Crippen molar-refractivity contribution in [3.8, 4) is 0 Å². The highest BCUT2D eigenvalue weighted by atomic mass is 32.2. The molecule has 6 heteroatoms. The van der Waals surface area contributed by atoms with Crippen molar-refractivity contribution in [1.82, 2.24) is 5.32 Å². The summed E-state index contributed by atoms with van der Waals surface area (Å²) in [4.78, 5) is 22.5. The third-order valence-electron chi connectivity index (χ3n) is 2.63. The van der Waals surface area contributed by atoms with Gasteiger partial charge in [-0.2, -0.15) is 11.8 Å². The van der Waals surface area contributed by atoms with Crippen molar-refractivity contribution in [3.63, 3.8) is 0 Å². The predicted octanol–water partition coefficient (Wildman–Crippen LogP) is 0.684. The number of thioether (sulfide) groups is 1. The van der Waals surface area contributed by atoms with Crippen molar-refractivity contribution in [2.45, 2.75) is 32.2 Å². The maximum Gasteiger partial charge on any atom is 0.326 e. The summed E-state index contributed by atoms with van der Waals surface area (Å²) in [5, 5.41) is 11.5. The predicted molar refractivity (Wildman–Crippen MR) is 70.0 cm³/mol. The van der Waals surface area contributed by atoms with Gasteiger partial charge < -0.3 is 16.2 Å². The highest BCUT2D eigenvalue weighted by Crippen LogP contribution is 2.07. The van der Waals surface area contributed by atoms with Crippen LogP contribution < -0.4 is 11.1 Å². The van der Waals surface area contributed by atoms with E-state index in [1.807, 2.05) is 13.2 Å². The lowest BCUT2D eigenvalue weighted by atomic mass is 10.0. The number of amides is 1. The quantitative estimate of drug-likeness (QED) is 0.568. The van der Waals surface area contributed by atoms with Gasteiger partial charge in [-0.25, -0.2) is 4.79 Å². The molecule has 0 rings (SSSR count). The van der Waals surface area contributed by atoms with Crippen LogP contribution >= 0.6 is 11.8 Å². The van der Waals surface area contributed by atoms with Crippen molar-refractivity contribution in [3.05, 3.63) is 0 Å². The number of carbonyl (C=O) groups excluding carboxylic acids is 1. The Bertz CT molecular complexity index is 245. The normalized spacial score (nSPS) is 14.1. The highest BCUT2D eigenvalue weighted by molar-refractivity contribution is 7.98. The lowest BCUT2D eigenvalue weighted by Gasteiger charge is -2.16. The van der Waals surface area contributed by atoms with E-state index in [1.54, 1.807) is 11.8 Å². The molecule has 0 aliphatic carbocycles. The van der Waals surface area contributed by atoms with E-state index in [0.29, 0.717) is 25.1 Å². The molecule has 0 saturated heterocycles. The van der Waals surface area contributed by atoms with Gasteiger partial charge in [0.25, 0.3) is 0 Å². The fraction of sp³-hybridized carbons (Fsp3) is 0.818. The Balaban J connectivity index is 4.15. The van der Waals surface area contributed by atoms with Gasteiger partial charge in [-0.1, -0.05) is 13.3 Å². The molecule has 0 aliphatic heterocycles. The van der Waals surface area contributed by atoms with Gasteiger partial charge in [-0.05, 0) is 30.9 Å². The molecule has 0 radical (unpaired) electrons. The van der Waals surface area contributed by atoms with Crippen LogP contribution in [0, 0.1) is 5.92 Å². The van der Waals surface area contributed by atoms with Gasteiger partial charge in [-0.15, -0.1) is 0 Å². The van der Waals surface area contributed by atoms with E-state index >= 15 is 0 Å². The highest BCUT2D eigenvalue weighted by Gasteiger charge is 2.20. The number of carboxylic acids is 1. The van der Waals surface area contributed by atoms with Crippen LogP contribution in [0.1, 0.15) is 26.2 Å². The molecule has 0 saturated carbocycles. The van der Waals surface area contributed by atoms with Gasteiger partial charge in [-0.3, -0.25) is 4.79 Å². The van der Waals surface area contributed by atoms with Gasteiger partial charge >= 0.3 is 5.97 Å². The molecular weight excluding hydrogens is 240 g/mol. The standard InChI is InChI=1S/C11H22N2O3S/c1-3-8(7-12)6-10(14)13-9(11(15)16)4-5-17-2/h8-9H,3-7,12H2,1-2H3,(H,13,14)(H,15,16). The lowest BCUT2D eigenvalue weighted by Crippen LogP contribution is -2.42. The zero-order valence-electron chi connectivity index (χ0n) is 10.4. The van der Waals surface area contributed by atoms with Crippen molar-refractivity contribution < 1.29 is 14.7 Å². The van der Waals surface area contributed by atoms with Gasteiger partial charge in [0.15, 0.2) is 0 Å². The SMILES string of the molecule is CCC(CN)CC(=O)NC(CCSC)C(=O)O. The smallest absolute Gasteiger partial charge is 0.326 e. The fourth-order valence-corrected chi connectivity index (χ4v) is 1.87. The molecule has 100 valence electrons. The van der Waals surface area contributed by atoms with E-state index in [1.165, 1.54) is 0 Å². The summed E-state index contributed by atoms with van der Waals surface area (Å²) in [5.41, 5.74) is 5.50. The van der Waals surface area contributed by atoms with Crippen molar-refractivity contribution in [2.24, 2.45) is 11.7 Å². The van der Waals surface area contributed by atoms with E-state index < -0.39 is 12.0 Å². The number of rotatable bonds is 9. The number of carboxylic acid groups (broad SMARTS) is 1. The molecule has 0 aromatic heterocycles. The molecule has 0 heterocycles. The monoisotopic (exact) mass is 262 g/mol. The van der Waals surface area contributed by atoms with Crippen LogP contribution in [-0.4, -0.2) is 41.6 Å². The van der Waals surface area contributed by atoms with Crippen molar-refractivity contribution in [2.75, 3.05) is 18.6 Å². The van der Waals surface area contributed by atoms with Gasteiger partial charge in [0, 0.05) is 6.42 Å². The van der Waals surface area contributed by atoms with Gasteiger partial charge in [0.05, 0.1) is 0 Å². The summed E-state index contributed by atoms with van der Waals surface area (Å²) in [7, 11) is 0. The molecule has 17 heavy (non-hydrogen) atoms. The van der Waals surface area contributed by atoms with E-state index in [9.17, 15) is 9.59 Å². The molecule has 0 spiro atoms. The summed E-state index contributed by atoms with van der Waals surface area (Å²) in [6, 6.07) is -0.787. The molecule has 2 atom stereocenters. The first kappa shape index (κ1) is 16.2. The molecule has 2 unspecified atom stereocenters. The molecular formula is C11H22N2O3S. The molecule has 1 amide bonds. The molecule has 0 aliphatic rings. The maximum atomic E-state index is 11.6. The Hall–Kier alpha value is -0.750. The van der Waals surface area contributed by atoms with Crippen LogP contribution in [0.25, 0.3) is 0 Å². The van der Waals surface area contributed by atoms with Gasteiger partial charge in [0.1, 0.15) is 6.04 Å². The maximum absolute atomic E-state index is 11.6. The zero-order chi connectivity index (χ0) is 13.3. The molecule has 5 nitrogen and oxygen atoms in total. The van der Waals surface area contributed by atoms with Crippen LogP contribution in [0.5, 0.6) is 0 Å². The minimum Gasteiger partial charge on any atom is -0.480 e. The van der Waals surface area contributed by atoms with Crippen molar-refractivity contribution in [1.29, 1.82) is 0 Å². The number of hydrogen-bond donors (Lipinski definition) is 3. The summed E-state index contributed by atoms with van der Waals surface area (Å²) < 4.78 is 0. The summed E-state index contributed by atoms with van der Waals surface area (Å²) in [5.74, 6) is -0.361. The average molecular weight is 262 g/mol. The minimum absolute atomic E-state index is 0.130. The first-order valence-corrected chi connectivity index (χ1v) is 7.15. The van der Waals surface area contributed by atoms with Gasteiger partial charge in [0.2, 0.25) is 5.91 Å². The second-order valence-corrected chi connectivity index (χ2v) is 4.94. The third-order valence-corrected chi connectivity index (χ3v) is 3.27. The van der Waals surface area contributed by atoms with E-state index in [2.05, 4.69) is 5.32 Å². The average Bonchev–Trinajstić information content (AvgIpc) is 2.30. The summed E-state index contributed by atoms with van der Waals surface area (Å²) in [6.07, 6.45) is 3.48. The third kappa shape index (κ3) is 7.23. The Morgan fingerprint density at radius 2 is 2.12 bits per heavy atom. The number of hydrogen-bond acceptors (Lipinski definition) is 4. The second kappa shape index (κ2) is 9.30. The van der Waals surface area contributed by atoms with Crippen LogP contribution in [0.2, 0.25) is 0 Å². The summed E-state index contributed by atoms with van der Waals surface area (Å²) in [6.45, 7) is 2.42. The summed E-state index contributed by atoms with van der Waals surface area (Å²) >= 11 is 1.56. The Morgan fingerprint density at radius 3 is 2.53 bits per heavy atom. The molecule has 0 fully saturated rings. The van der Waals surface area contributed by atoms with Crippen LogP contribution in [-0.2, 0) is 9.59 Å². The zero-order valence-corrected chi connectivity index (χ0v) is 11.3. The Morgan fingerprint density at radius 1 is 1.47 bits per heavy atom. The van der Waals surface area contributed by atoms with E-state index in [0.717, 1.165) is 6.42 Å². The molecule has 4 N–H and O–H groups in total. The van der Waals surface area contributed by atoms with Crippen LogP contribution in [0.15, 0.2) is 0 Å². The Labute approximate surface area is 107 Å². The van der Waals surface area contributed by atoms with Crippen LogP contribution in [0.4, 0.5) is 0 Å². The first-order valence-electron chi connectivity index (χ1n) is 5.76. The number of carbonyl (C=O) groups is 2. The van der Waals surface area contributed by atoms with E-state index in [4.69, 9.17) is 10.8 Å². The number of nitrogens with one attached hydrogen (secondary N) is 1. The second-order valence-electron chi connectivity index (χ2n) is 3.95. The minimum atomic E-state index is -0.979. The fourth-order valence-electron chi connectivity index (χ4n) is 1.40. The Kier molecular flexibility index (Phi) is 8.89. The van der Waals surface area contributed by atoms with Crippen molar-refractivity contribution >= 4 is 23.6 Å². The number of nitrogens with two attached hydrogens (primary N) is 1. The topological polar surface area (TPSA) is 92.4 Å². The molecule has 0 bridgehead atoms. The molecule has 0 aromatic rings. The number of aliphatic carboxylic acids is 1.